The van der Waals surface area contributed by atoms with Crippen molar-refractivity contribution in [3.05, 3.63) is 63.7 Å². The number of fused-ring (bicyclic) bond motifs is 1. The number of carbonyl (C=O) groups excluding carboxylic acids is 1. The van der Waals surface area contributed by atoms with Crippen molar-refractivity contribution in [1.82, 2.24) is 10.0 Å². The molecular formula is C22H27ClN2O3S. The summed E-state index contributed by atoms with van der Waals surface area (Å²) in [5.74, 6) is 0.0721. The van der Waals surface area contributed by atoms with Gasteiger partial charge in [-0.15, -0.1) is 0 Å². The molecule has 0 heterocycles. The smallest absolute Gasteiger partial charge is 0.251 e. The molecule has 1 unspecified atom stereocenters. The Hall–Kier alpha value is -1.89. The van der Waals surface area contributed by atoms with E-state index < -0.39 is 10.0 Å². The van der Waals surface area contributed by atoms with Crippen LogP contribution in [0.3, 0.4) is 0 Å². The third-order valence-electron chi connectivity index (χ3n) is 5.31. The van der Waals surface area contributed by atoms with Gasteiger partial charge < -0.3 is 5.32 Å². The van der Waals surface area contributed by atoms with E-state index in [1.54, 1.807) is 6.07 Å². The van der Waals surface area contributed by atoms with E-state index >= 15 is 0 Å². The highest BCUT2D eigenvalue weighted by Crippen LogP contribution is 2.33. The summed E-state index contributed by atoms with van der Waals surface area (Å²) in [6.07, 6.45) is 2.48. The monoisotopic (exact) mass is 434 g/mol. The van der Waals surface area contributed by atoms with E-state index in [0.29, 0.717) is 12.5 Å². The second-order valence-electron chi connectivity index (χ2n) is 7.93. The van der Waals surface area contributed by atoms with Crippen LogP contribution < -0.4 is 10.0 Å². The fourth-order valence-corrected chi connectivity index (χ4v) is 5.21. The standard InChI is InChI=1S/C22H27ClN2O3S/c1-14(2)11-12-24-29(27,28)21-13-16(7-9-19(21)23)22(26)25-20-10-8-17-15(3)5-4-6-18(17)20/h4-7,9,13-14,20,24H,8,10-12H2,1-3H3,(H,25,26). The van der Waals surface area contributed by atoms with Crippen LogP contribution in [-0.2, 0) is 16.4 Å². The van der Waals surface area contributed by atoms with Crippen LogP contribution in [0.2, 0.25) is 5.02 Å². The Labute approximate surface area is 177 Å². The second kappa shape index (κ2) is 8.86. The Bertz CT molecular complexity index is 1020. The number of nitrogens with one attached hydrogen (secondary N) is 2. The van der Waals surface area contributed by atoms with Crippen molar-refractivity contribution in [2.75, 3.05) is 6.54 Å². The summed E-state index contributed by atoms with van der Waals surface area (Å²) in [5.41, 5.74) is 3.92. The Morgan fingerprint density at radius 1 is 1.24 bits per heavy atom. The van der Waals surface area contributed by atoms with Crippen LogP contribution >= 0.6 is 11.6 Å². The molecule has 0 bridgehead atoms. The first kappa shape index (κ1) is 21.8. The lowest BCUT2D eigenvalue weighted by atomic mass is 10.0. The van der Waals surface area contributed by atoms with E-state index in [0.717, 1.165) is 24.8 Å². The predicted molar refractivity (Wildman–Crippen MR) is 116 cm³/mol. The van der Waals surface area contributed by atoms with Crippen molar-refractivity contribution < 1.29 is 13.2 Å². The minimum absolute atomic E-state index is 0.0711. The number of carbonyl (C=O) groups is 1. The third-order valence-corrected chi connectivity index (χ3v) is 7.25. The number of halogens is 1. The van der Waals surface area contributed by atoms with Gasteiger partial charge in [-0.05, 0) is 67.0 Å². The van der Waals surface area contributed by atoms with Gasteiger partial charge in [0, 0.05) is 12.1 Å². The quantitative estimate of drug-likeness (QED) is 0.678. The molecule has 1 atom stereocenters. The van der Waals surface area contributed by atoms with Gasteiger partial charge in [-0.1, -0.05) is 43.6 Å². The molecule has 3 rings (SSSR count). The Morgan fingerprint density at radius 3 is 2.72 bits per heavy atom. The van der Waals surface area contributed by atoms with Crippen LogP contribution in [0.4, 0.5) is 0 Å². The van der Waals surface area contributed by atoms with Gasteiger partial charge >= 0.3 is 0 Å². The van der Waals surface area contributed by atoms with Crippen molar-refractivity contribution in [3.8, 4) is 0 Å². The van der Waals surface area contributed by atoms with E-state index in [1.807, 2.05) is 26.0 Å². The fraction of sp³-hybridized carbons (Fsp3) is 0.409. The number of benzene rings is 2. The molecule has 7 heteroatoms. The number of hydrogen-bond acceptors (Lipinski definition) is 3. The molecule has 0 saturated carbocycles. The number of rotatable bonds is 7. The first-order valence-electron chi connectivity index (χ1n) is 9.87. The first-order valence-corrected chi connectivity index (χ1v) is 11.7. The molecule has 1 aliphatic carbocycles. The molecule has 29 heavy (non-hydrogen) atoms. The van der Waals surface area contributed by atoms with Crippen molar-refractivity contribution >= 4 is 27.5 Å². The maximum Gasteiger partial charge on any atom is 0.251 e. The largest absolute Gasteiger partial charge is 0.345 e. The Balaban J connectivity index is 1.78. The zero-order valence-corrected chi connectivity index (χ0v) is 18.5. The summed E-state index contributed by atoms with van der Waals surface area (Å²) in [6.45, 7) is 6.44. The lowest BCUT2D eigenvalue weighted by Crippen LogP contribution is -2.28. The zero-order chi connectivity index (χ0) is 21.2. The number of aryl methyl sites for hydroxylation is 1. The van der Waals surface area contributed by atoms with Crippen LogP contribution in [-0.4, -0.2) is 20.9 Å². The maximum atomic E-state index is 12.8. The van der Waals surface area contributed by atoms with Gasteiger partial charge in [0.25, 0.3) is 5.91 Å². The molecular weight excluding hydrogens is 408 g/mol. The molecule has 0 radical (unpaired) electrons. The summed E-state index contributed by atoms with van der Waals surface area (Å²) >= 11 is 6.13. The molecule has 2 aromatic rings. The molecule has 0 aliphatic heterocycles. The minimum Gasteiger partial charge on any atom is -0.345 e. The molecule has 5 nitrogen and oxygen atoms in total. The van der Waals surface area contributed by atoms with E-state index in [4.69, 9.17) is 11.6 Å². The third kappa shape index (κ3) is 5.00. The number of sulfonamides is 1. The molecule has 0 aromatic heterocycles. The summed E-state index contributed by atoms with van der Waals surface area (Å²) in [4.78, 5) is 12.7. The predicted octanol–water partition coefficient (Wildman–Crippen LogP) is 4.39. The van der Waals surface area contributed by atoms with Crippen molar-refractivity contribution in [1.29, 1.82) is 0 Å². The van der Waals surface area contributed by atoms with E-state index in [-0.39, 0.29) is 27.4 Å². The van der Waals surface area contributed by atoms with Crippen LogP contribution in [0.1, 0.15) is 59.8 Å². The number of hydrogen-bond donors (Lipinski definition) is 2. The zero-order valence-electron chi connectivity index (χ0n) is 17.0. The minimum atomic E-state index is -3.79. The molecule has 2 N–H and O–H groups in total. The second-order valence-corrected chi connectivity index (χ2v) is 10.1. The average molecular weight is 435 g/mol. The summed E-state index contributed by atoms with van der Waals surface area (Å²) in [5, 5.41) is 3.14. The highest BCUT2D eigenvalue weighted by molar-refractivity contribution is 7.89. The van der Waals surface area contributed by atoms with Gasteiger partial charge in [-0.3, -0.25) is 4.79 Å². The molecule has 0 saturated heterocycles. The highest BCUT2D eigenvalue weighted by Gasteiger charge is 2.26. The Kier molecular flexibility index (Phi) is 6.66. The van der Waals surface area contributed by atoms with Gasteiger partial charge in [0.15, 0.2) is 0 Å². The van der Waals surface area contributed by atoms with Crippen LogP contribution in [0.25, 0.3) is 0 Å². The maximum absolute atomic E-state index is 12.8. The summed E-state index contributed by atoms with van der Waals surface area (Å²) in [7, 11) is -3.79. The molecule has 156 valence electrons. The summed E-state index contributed by atoms with van der Waals surface area (Å²) in [6, 6.07) is 10.4. The topological polar surface area (TPSA) is 75.3 Å². The van der Waals surface area contributed by atoms with Gasteiger partial charge in [0.2, 0.25) is 10.0 Å². The normalized spacial score (nSPS) is 16.1. The van der Waals surface area contributed by atoms with Gasteiger partial charge in [-0.25, -0.2) is 13.1 Å². The van der Waals surface area contributed by atoms with Crippen LogP contribution in [0, 0.1) is 12.8 Å². The van der Waals surface area contributed by atoms with E-state index in [2.05, 4.69) is 23.0 Å². The van der Waals surface area contributed by atoms with Crippen molar-refractivity contribution in [2.24, 2.45) is 5.92 Å². The van der Waals surface area contributed by atoms with E-state index in [9.17, 15) is 13.2 Å². The van der Waals surface area contributed by atoms with E-state index in [1.165, 1.54) is 23.3 Å². The van der Waals surface area contributed by atoms with Crippen molar-refractivity contribution in [2.45, 2.75) is 51.0 Å². The molecule has 0 spiro atoms. The fourth-order valence-electron chi connectivity index (χ4n) is 3.64. The van der Waals surface area contributed by atoms with Crippen molar-refractivity contribution in [3.63, 3.8) is 0 Å². The highest BCUT2D eigenvalue weighted by atomic mass is 35.5. The Morgan fingerprint density at radius 2 is 2.00 bits per heavy atom. The lowest BCUT2D eigenvalue weighted by molar-refractivity contribution is 0.0936. The van der Waals surface area contributed by atoms with Crippen LogP contribution in [0.5, 0.6) is 0 Å². The SMILES string of the molecule is Cc1cccc2c1CCC2NC(=O)c1ccc(Cl)c(S(=O)(=O)NCCC(C)C)c1. The molecule has 1 aliphatic rings. The van der Waals surface area contributed by atoms with Gasteiger partial charge in [0.05, 0.1) is 11.1 Å². The molecule has 1 amide bonds. The average Bonchev–Trinajstić information content (AvgIpc) is 3.05. The summed E-state index contributed by atoms with van der Waals surface area (Å²) < 4.78 is 27.8. The molecule has 0 fully saturated rings. The van der Waals surface area contributed by atoms with Gasteiger partial charge in [-0.2, -0.15) is 0 Å². The number of amides is 1. The van der Waals surface area contributed by atoms with Gasteiger partial charge in [0.1, 0.15) is 4.90 Å². The van der Waals surface area contributed by atoms with Crippen LogP contribution in [0.15, 0.2) is 41.3 Å². The lowest BCUT2D eigenvalue weighted by Gasteiger charge is -2.16. The molecule has 2 aromatic carbocycles. The first-order chi connectivity index (χ1) is 13.7.